The molecule has 11 heteroatoms. The highest BCUT2D eigenvalue weighted by Gasteiger charge is 2.29. The number of aromatic nitrogens is 2. The molecular formula is C19H26N6O5. The van der Waals surface area contributed by atoms with Crippen LogP contribution in [0.4, 0.5) is 5.82 Å². The van der Waals surface area contributed by atoms with E-state index in [-0.39, 0.29) is 24.0 Å². The minimum absolute atomic E-state index is 0.0147. The van der Waals surface area contributed by atoms with Gasteiger partial charge in [-0.2, -0.15) is 5.26 Å². The summed E-state index contributed by atoms with van der Waals surface area (Å²) in [4.78, 5) is 40.9. The average molecular weight is 418 g/mol. The van der Waals surface area contributed by atoms with Gasteiger partial charge in [-0.05, 0) is 32.8 Å². The zero-order chi connectivity index (χ0) is 22.6. The van der Waals surface area contributed by atoms with E-state index >= 15 is 0 Å². The number of likely N-dealkylation sites (tertiary alicyclic amines) is 1. The van der Waals surface area contributed by atoms with Gasteiger partial charge in [-0.25, -0.2) is 19.6 Å². The first-order valence-electron chi connectivity index (χ1n) is 9.22. The van der Waals surface area contributed by atoms with Crippen molar-refractivity contribution in [2.45, 2.75) is 38.3 Å². The van der Waals surface area contributed by atoms with Gasteiger partial charge in [0.1, 0.15) is 18.2 Å². The summed E-state index contributed by atoms with van der Waals surface area (Å²) >= 11 is 0. The van der Waals surface area contributed by atoms with E-state index in [4.69, 9.17) is 15.5 Å². The number of carboxylic acids is 2. The Bertz CT molecular complexity index is 774. The largest absolute Gasteiger partial charge is 0.478 e. The number of carbonyl (C=O) groups excluding carboxylic acids is 1. The maximum absolute atomic E-state index is 12.2. The summed E-state index contributed by atoms with van der Waals surface area (Å²) in [6, 6.07) is 3.72. The molecule has 0 aliphatic carbocycles. The summed E-state index contributed by atoms with van der Waals surface area (Å²) in [5.74, 6) is -1.78. The Labute approximate surface area is 174 Å². The van der Waals surface area contributed by atoms with Crippen LogP contribution in [0.1, 0.15) is 26.7 Å². The van der Waals surface area contributed by atoms with E-state index in [0.717, 1.165) is 18.7 Å². The molecule has 4 N–H and O–H groups in total. The highest BCUT2D eigenvalue weighted by molar-refractivity contribution is 5.89. The molecule has 0 bridgehead atoms. The monoisotopic (exact) mass is 418 g/mol. The van der Waals surface area contributed by atoms with Crippen LogP contribution < -0.4 is 10.6 Å². The Morgan fingerprint density at radius 3 is 2.53 bits per heavy atom. The van der Waals surface area contributed by atoms with Crippen LogP contribution in [0.15, 0.2) is 30.7 Å². The fourth-order valence-electron chi connectivity index (χ4n) is 2.53. The molecule has 0 saturated carbocycles. The van der Waals surface area contributed by atoms with Crippen LogP contribution >= 0.6 is 0 Å². The van der Waals surface area contributed by atoms with Gasteiger partial charge in [0.2, 0.25) is 5.91 Å². The SMILES string of the molecule is CC(C)(CNc1ccncn1)NCC(=O)N1CCC[C@H]1C#N.O=C(O)/C=C/C(=O)O. The quantitative estimate of drug-likeness (QED) is 0.436. The molecule has 1 aromatic heterocycles. The van der Waals surface area contributed by atoms with E-state index in [2.05, 4.69) is 26.7 Å². The zero-order valence-electron chi connectivity index (χ0n) is 16.9. The lowest BCUT2D eigenvalue weighted by Gasteiger charge is -2.28. The maximum atomic E-state index is 12.2. The second-order valence-corrected chi connectivity index (χ2v) is 7.07. The number of nitrogens with one attached hydrogen (secondary N) is 2. The number of rotatable bonds is 8. The summed E-state index contributed by atoms with van der Waals surface area (Å²) < 4.78 is 0. The van der Waals surface area contributed by atoms with Gasteiger partial charge in [-0.3, -0.25) is 4.79 Å². The Morgan fingerprint density at radius 2 is 2.00 bits per heavy atom. The minimum Gasteiger partial charge on any atom is -0.478 e. The minimum atomic E-state index is -1.26. The Kier molecular flexibility index (Phi) is 9.91. The first-order chi connectivity index (χ1) is 14.1. The van der Waals surface area contributed by atoms with Gasteiger partial charge in [-0.15, -0.1) is 0 Å². The third-order valence-electron chi connectivity index (χ3n) is 4.10. The van der Waals surface area contributed by atoms with Crippen molar-refractivity contribution in [2.24, 2.45) is 0 Å². The molecule has 0 radical (unpaired) electrons. The van der Waals surface area contributed by atoms with Crippen molar-refractivity contribution in [3.05, 3.63) is 30.7 Å². The normalized spacial score (nSPS) is 15.8. The topological polar surface area (TPSA) is 169 Å². The van der Waals surface area contributed by atoms with Crippen LogP contribution in [-0.4, -0.2) is 74.1 Å². The van der Waals surface area contributed by atoms with E-state index in [1.165, 1.54) is 6.33 Å². The number of aliphatic carboxylic acids is 2. The first kappa shape index (κ1) is 24.5. The molecule has 0 aromatic carbocycles. The number of hydrogen-bond donors (Lipinski definition) is 4. The number of carbonyl (C=O) groups is 3. The molecule has 1 aliphatic heterocycles. The summed E-state index contributed by atoms with van der Waals surface area (Å²) in [6.45, 7) is 5.56. The average Bonchev–Trinajstić information content (AvgIpc) is 3.19. The summed E-state index contributed by atoms with van der Waals surface area (Å²) in [7, 11) is 0. The molecule has 0 spiro atoms. The molecular weight excluding hydrogens is 392 g/mol. The third kappa shape index (κ3) is 9.61. The maximum Gasteiger partial charge on any atom is 0.328 e. The van der Waals surface area contributed by atoms with Crippen LogP contribution in [0, 0.1) is 11.3 Å². The van der Waals surface area contributed by atoms with Crippen molar-refractivity contribution in [3.8, 4) is 6.07 Å². The van der Waals surface area contributed by atoms with Crippen molar-refractivity contribution in [2.75, 3.05) is 25.0 Å². The zero-order valence-corrected chi connectivity index (χ0v) is 16.9. The van der Waals surface area contributed by atoms with Gasteiger partial charge in [0.25, 0.3) is 0 Å². The van der Waals surface area contributed by atoms with Crippen LogP contribution in [0.3, 0.4) is 0 Å². The molecule has 1 saturated heterocycles. The van der Waals surface area contributed by atoms with E-state index in [1.807, 2.05) is 13.8 Å². The summed E-state index contributed by atoms with van der Waals surface area (Å²) in [5.41, 5.74) is -0.275. The molecule has 1 fully saturated rings. The van der Waals surface area contributed by atoms with Gasteiger partial charge < -0.3 is 25.7 Å². The summed E-state index contributed by atoms with van der Waals surface area (Å²) in [6.07, 6.45) is 5.96. The lowest BCUT2D eigenvalue weighted by atomic mass is 10.1. The van der Waals surface area contributed by atoms with Gasteiger partial charge in [0, 0.05) is 37.0 Å². The molecule has 2 heterocycles. The number of nitriles is 1. The molecule has 1 aliphatic rings. The molecule has 11 nitrogen and oxygen atoms in total. The first-order valence-corrected chi connectivity index (χ1v) is 9.22. The highest BCUT2D eigenvalue weighted by Crippen LogP contribution is 2.16. The summed E-state index contributed by atoms with van der Waals surface area (Å²) in [5, 5.41) is 31.1. The third-order valence-corrected chi connectivity index (χ3v) is 4.10. The second kappa shape index (κ2) is 12.1. The molecule has 0 unspecified atom stereocenters. The lowest BCUT2D eigenvalue weighted by Crippen LogP contribution is -2.50. The number of anilines is 1. The standard InChI is InChI=1S/C15H22N6O.C4H4O4/c1-15(2,10-18-13-5-6-17-11-19-13)20-9-14(22)21-7-3-4-12(21)8-16;5-3(6)1-2-4(7)8/h5-6,11-12,20H,3-4,7,9-10H2,1-2H3,(H,17,18,19);1-2H,(H,5,6)(H,7,8)/b;2-1+/t12-;/m0./s1. The lowest BCUT2D eigenvalue weighted by molar-refractivity contribution is -0.134. The van der Waals surface area contributed by atoms with Crippen molar-refractivity contribution >= 4 is 23.7 Å². The smallest absolute Gasteiger partial charge is 0.328 e. The van der Waals surface area contributed by atoms with E-state index < -0.39 is 11.9 Å². The van der Waals surface area contributed by atoms with Crippen LogP contribution in [0.25, 0.3) is 0 Å². The Balaban J connectivity index is 0.000000479. The number of amides is 1. The fraction of sp³-hybridized carbons (Fsp3) is 0.474. The van der Waals surface area contributed by atoms with E-state index in [0.29, 0.717) is 25.2 Å². The van der Waals surface area contributed by atoms with Crippen molar-refractivity contribution in [3.63, 3.8) is 0 Å². The van der Waals surface area contributed by atoms with E-state index in [1.54, 1.807) is 17.2 Å². The van der Waals surface area contributed by atoms with Crippen molar-refractivity contribution in [1.82, 2.24) is 20.2 Å². The molecule has 162 valence electrons. The number of nitrogens with zero attached hydrogens (tertiary/aromatic N) is 4. The predicted molar refractivity (Wildman–Crippen MR) is 107 cm³/mol. The fourth-order valence-corrected chi connectivity index (χ4v) is 2.53. The second-order valence-electron chi connectivity index (χ2n) is 7.07. The Morgan fingerprint density at radius 1 is 1.33 bits per heavy atom. The van der Waals surface area contributed by atoms with Gasteiger partial charge >= 0.3 is 11.9 Å². The number of hydrogen-bond acceptors (Lipinski definition) is 8. The molecule has 1 aromatic rings. The van der Waals surface area contributed by atoms with Gasteiger partial charge in [-0.1, -0.05) is 0 Å². The predicted octanol–water partition coefficient (Wildman–Crippen LogP) is 0.483. The van der Waals surface area contributed by atoms with Gasteiger partial charge in [0.05, 0.1) is 12.6 Å². The van der Waals surface area contributed by atoms with Crippen molar-refractivity contribution in [1.29, 1.82) is 5.26 Å². The molecule has 30 heavy (non-hydrogen) atoms. The Hall–Kier alpha value is -3.52. The van der Waals surface area contributed by atoms with Crippen LogP contribution in [0.5, 0.6) is 0 Å². The highest BCUT2D eigenvalue weighted by atomic mass is 16.4. The molecule has 2 rings (SSSR count). The van der Waals surface area contributed by atoms with Crippen LogP contribution in [0.2, 0.25) is 0 Å². The molecule has 1 atom stereocenters. The number of carboxylic acid groups (broad SMARTS) is 2. The van der Waals surface area contributed by atoms with E-state index in [9.17, 15) is 14.4 Å². The van der Waals surface area contributed by atoms with Crippen LogP contribution in [-0.2, 0) is 14.4 Å². The van der Waals surface area contributed by atoms with Crippen molar-refractivity contribution < 1.29 is 24.6 Å². The van der Waals surface area contributed by atoms with Gasteiger partial charge in [0.15, 0.2) is 0 Å². The molecule has 1 amide bonds.